The lowest BCUT2D eigenvalue weighted by molar-refractivity contribution is 0.655. The van der Waals surface area contributed by atoms with Crippen LogP contribution in [0.5, 0.6) is 0 Å². The zero-order valence-electron chi connectivity index (χ0n) is 38.3. The molecule has 0 aliphatic rings. The molecule has 0 spiro atoms. The molecule has 0 unspecified atom stereocenters. The first-order chi connectivity index (χ1) is 34.0. The molecule has 0 aliphatic carbocycles. The first-order valence-electron chi connectivity index (χ1n) is 23.8. The third kappa shape index (κ3) is 6.91. The highest BCUT2D eigenvalue weighted by atomic mass is 16.3. The van der Waals surface area contributed by atoms with Crippen molar-refractivity contribution in [3.8, 4) is 22.3 Å². The highest BCUT2D eigenvalue weighted by Gasteiger charge is 2.24. The SMILES string of the molecule is CC(C)c1c2oc3cc4cc(N(c5ccccc5)c5ccccc5-c5ccccc5)ccc4cc3c2cc2oc3cc4cc(N(c5ccccc5)c5ccccc5-c5ccccc5)ccc4cc3c12. The molecule has 2 heterocycles. The van der Waals surface area contributed by atoms with Crippen LogP contribution in [0.1, 0.15) is 25.3 Å². The molecule has 4 nitrogen and oxygen atoms in total. The summed E-state index contributed by atoms with van der Waals surface area (Å²) in [6.45, 7) is 4.51. The van der Waals surface area contributed by atoms with Crippen LogP contribution in [0.4, 0.5) is 34.1 Å². The number of hydrogen-bond acceptors (Lipinski definition) is 4. The molecular formula is C65H46N2O2. The lowest BCUT2D eigenvalue weighted by atomic mass is 9.93. The molecule has 0 atom stereocenters. The minimum Gasteiger partial charge on any atom is -0.456 e. The van der Waals surface area contributed by atoms with Gasteiger partial charge in [-0.1, -0.05) is 159 Å². The third-order valence-corrected chi connectivity index (χ3v) is 13.7. The van der Waals surface area contributed by atoms with Crippen LogP contribution in [-0.4, -0.2) is 0 Å². The van der Waals surface area contributed by atoms with Gasteiger partial charge in [-0.3, -0.25) is 0 Å². The van der Waals surface area contributed by atoms with Gasteiger partial charge in [0.2, 0.25) is 0 Å². The zero-order chi connectivity index (χ0) is 46.0. The molecule has 0 N–H and O–H groups in total. The highest BCUT2D eigenvalue weighted by Crippen LogP contribution is 2.47. The number of benzene rings is 11. The number of anilines is 6. The number of hydrogen-bond donors (Lipinski definition) is 0. The summed E-state index contributed by atoms with van der Waals surface area (Å²) < 4.78 is 13.9. The van der Waals surface area contributed by atoms with Crippen molar-refractivity contribution in [2.45, 2.75) is 19.8 Å². The third-order valence-electron chi connectivity index (χ3n) is 13.7. The largest absolute Gasteiger partial charge is 0.456 e. The molecule has 328 valence electrons. The second kappa shape index (κ2) is 16.5. The Morgan fingerprint density at radius 3 is 1.29 bits per heavy atom. The van der Waals surface area contributed by atoms with Crippen LogP contribution in [0.15, 0.2) is 245 Å². The molecule has 69 heavy (non-hydrogen) atoms. The Morgan fingerprint density at radius 1 is 0.333 bits per heavy atom. The second-order valence-corrected chi connectivity index (χ2v) is 18.3. The summed E-state index contributed by atoms with van der Waals surface area (Å²) >= 11 is 0. The predicted octanol–water partition coefficient (Wildman–Crippen LogP) is 19.2. The standard InChI is InChI=1S/C65H46N2O2/c1-42(2)63-64-57-38-46-32-34-52(67(50-25-13-6-14-26-50)59-30-18-16-28-54(59)44-21-9-4-10-22-44)36-48(46)40-61(57)68-62(64)41-56-55-37-45-31-33-51(35-47(45)39-60(55)69-65(56)63)66(49-23-11-5-12-24-49)58-29-17-15-27-53(58)43-19-7-3-8-20-43/h3-42H,1-2H3. The Hall–Kier alpha value is -8.86. The van der Waals surface area contributed by atoms with Gasteiger partial charge in [0.25, 0.3) is 0 Å². The van der Waals surface area contributed by atoms with Crippen LogP contribution >= 0.6 is 0 Å². The summed E-state index contributed by atoms with van der Waals surface area (Å²) in [6.07, 6.45) is 0. The molecular weight excluding hydrogens is 841 g/mol. The van der Waals surface area contributed by atoms with Gasteiger partial charge in [0.1, 0.15) is 22.3 Å². The van der Waals surface area contributed by atoms with Gasteiger partial charge < -0.3 is 18.6 Å². The average molecular weight is 887 g/mol. The van der Waals surface area contributed by atoms with Gasteiger partial charge in [-0.05, 0) is 130 Å². The molecule has 13 aromatic rings. The maximum Gasteiger partial charge on any atom is 0.139 e. The average Bonchev–Trinajstić information content (AvgIpc) is 3.94. The van der Waals surface area contributed by atoms with E-state index < -0.39 is 0 Å². The molecule has 0 amide bonds. The van der Waals surface area contributed by atoms with E-state index in [9.17, 15) is 0 Å². The first kappa shape index (κ1) is 40.4. The Morgan fingerprint density at radius 2 is 0.783 bits per heavy atom. The van der Waals surface area contributed by atoms with E-state index in [1.54, 1.807) is 0 Å². The summed E-state index contributed by atoms with van der Waals surface area (Å²) in [5.74, 6) is 0.171. The molecule has 13 rings (SSSR count). The lowest BCUT2D eigenvalue weighted by Crippen LogP contribution is -2.11. The smallest absolute Gasteiger partial charge is 0.139 e. The van der Waals surface area contributed by atoms with Gasteiger partial charge >= 0.3 is 0 Å². The van der Waals surface area contributed by atoms with E-state index >= 15 is 0 Å². The van der Waals surface area contributed by atoms with E-state index in [1.807, 2.05) is 0 Å². The topological polar surface area (TPSA) is 32.8 Å². The number of furan rings is 2. The predicted molar refractivity (Wildman–Crippen MR) is 290 cm³/mol. The van der Waals surface area contributed by atoms with Crippen LogP contribution in [-0.2, 0) is 0 Å². The summed E-state index contributed by atoms with van der Waals surface area (Å²) in [5.41, 5.74) is 15.9. The van der Waals surface area contributed by atoms with Gasteiger partial charge in [0.05, 0.1) is 11.4 Å². The van der Waals surface area contributed by atoms with E-state index in [0.717, 1.165) is 99.5 Å². The Bertz CT molecular complexity index is 3900. The van der Waals surface area contributed by atoms with Crippen LogP contribution < -0.4 is 9.80 Å². The zero-order valence-corrected chi connectivity index (χ0v) is 38.3. The highest BCUT2D eigenvalue weighted by molar-refractivity contribution is 6.20. The lowest BCUT2D eigenvalue weighted by Gasteiger charge is -2.28. The van der Waals surface area contributed by atoms with Crippen LogP contribution in [0.25, 0.3) is 87.7 Å². The van der Waals surface area contributed by atoms with Crippen molar-refractivity contribution in [1.82, 2.24) is 0 Å². The minimum absolute atomic E-state index is 0.171. The Balaban J connectivity index is 0.940. The fraction of sp³-hybridized carbons (Fsp3) is 0.0462. The van der Waals surface area contributed by atoms with Crippen LogP contribution in [0.2, 0.25) is 0 Å². The van der Waals surface area contributed by atoms with Gasteiger partial charge in [0.15, 0.2) is 0 Å². The van der Waals surface area contributed by atoms with Gasteiger partial charge in [0, 0.05) is 61.0 Å². The number of fused-ring (bicyclic) bond motifs is 8. The van der Waals surface area contributed by atoms with Crippen molar-refractivity contribution in [1.29, 1.82) is 0 Å². The van der Waals surface area contributed by atoms with E-state index in [-0.39, 0.29) is 5.92 Å². The number of nitrogens with zero attached hydrogens (tertiary/aromatic N) is 2. The summed E-state index contributed by atoms with van der Waals surface area (Å²) in [7, 11) is 0. The van der Waals surface area contributed by atoms with Gasteiger partial charge in [-0.2, -0.15) is 0 Å². The Labute approximate surface area is 400 Å². The van der Waals surface area contributed by atoms with Crippen molar-refractivity contribution in [2.24, 2.45) is 0 Å². The van der Waals surface area contributed by atoms with Crippen molar-refractivity contribution in [3.63, 3.8) is 0 Å². The summed E-state index contributed by atoms with van der Waals surface area (Å²) in [6, 6.07) is 84.6. The molecule has 0 bridgehead atoms. The second-order valence-electron chi connectivity index (χ2n) is 18.3. The molecule has 0 saturated carbocycles. The van der Waals surface area contributed by atoms with Crippen molar-refractivity contribution in [3.05, 3.63) is 242 Å². The molecule has 0 saturated heterocycles. The fourth-order valence-corrected chi connectivity index (χ4v) is 10.6. The van der Waals surface area contributed by atoms with E-state index in [1.165, 1.54) is 27.8 Å². The first-order valence-corrected chi connectivity index (χ1v) is 23.8. The monoisotopic (exact) mass is 886 g/mol. The van der Waals surface area contributed by atoms with Gasteiger partial charge in [-0.15, -0.1) is 0 Å². The quantitative estimate of drug-likeness (QED) is 0.145. The molecule has 0 aliphatic heterocycles. The normalized spacial score (nSPS) is 11.8. The maximum absolute atomic E-state index is 7.02. The van der Waals surface area contributed by atoms with Gasteiger partial charge in [-0.25, -0.2) is 0 Å². The molecule has 2 aromatic heterocycles. The van der Waals surface area contributed by atoms with E-state index in [2.05, 4.69) is 260 Å². The van der Waals surface area contributed by atoms with E-state index in [0.29, 0.717) is 0 Å². The van der Waals surface area contributed by atoms with Crippen molar-refractivity contribution < 1.29 is 8.83 Å². The summed E-state index contributed by atoms with van der Waals surface area (Å²) in [5, 5.41) is 8.87. The number of para-hydroxylation sites is 4. The van der Waals surface area contributed by atoms with Crippen LogP contribution in [0.3, 0.4) is 0 Å². The molecule has 0 radical (unpaired) electrons. The van der Waals surface area contributed by atoms with Crippen molar-refractivity contribution >= 4 is 99.5 Å². The maximum atomic E-state index is 7.02. The fourth-order valence-electron chi connectivity index (χ4n) is 10.6. The van der Waals surface area contributed by atoms with Crippen LogP contribution in [0, 0.1) is 0 Å². The molecule has 0 fully saturated rings. The molecule has 4 heteroatoms. The Kier molecular flexibility index (Phi) is 9.65. The minimum atomic E-state index is 0.171. The summed E-state index contributed by atoms with van der Waals surface area (Å²) in [4.78, 5) is 4.71. The van der Waals surface area contributed by atoms with E-state index in [4.69, 9.17) is 8.83 Å². The van der Waals surface area contributed by atoms with Crippen molar-refractivity contribution in [2.75, 3.05) is 9.80 Å². The number of rotatable bonds is 9. The molecule has 11 aromatic carbocycles.